The third kappa shape index (κ3) is 4.12. The van der Waals surface area contributed by atoms with Crippen molar-refractivity contribution in [2.45, 2.75) is 32.0 Å². The van der Waals surface area contributed by atoms with Crippen LogP contribution in [0.5, 0.6) is 0 Å². The molecule has 1 aliphatic heterocycles. The molecule has 29 heavy (non-hydrogen) atoms. The molecule has 0 unspecified atom stereocenters. The van der Waals surface area contributed by atoms with E-state index in [9.17, 15) is 4.79 Å². The highest BCUT2D eigenvalue weighted by Gasteiger charge is 2.28. The zero-order chi connectivity index (χ0) is 20.4. The Morgan fingerprint density at radius 3 is 2.55 bits per heavy atom. The van der Waals surface area contributed by atoms with Crippen molar-refractivity contribution in [2.75, 3.05) is 6.54 Å². The summed E-state index contributed by atoms with van der Waals surface area (Å²) in [6.45, 7) is 1.22. The molecule has 1 saturated heterocycles. The number of hydrogen-bond donors (Lipinski definition) is 1. The fraction of sp³-hybridized carbons (Fsp3) is 0.286. The molecule has 4 rings (SSSR count). The zero-order valence-corrected chi connectivity index (χ0v) is 17.4. The Labute approximate surface area is 179 Å². The lowest BCUT2D eigenvalue weighted by Crippen LogP contribution is -2.48. The SMILES string of the molecule is NC(=O)[C@@H]1CCCCN1Cn1nc(-c2ccc(Cl)cc2)n(-c2ccccc2)c1=S. The summed E-state index contributed by atoms with van der Waals surface area (Å²) in [5.41, 5.74) is 7.47. The molecule has 0 saturated carbocycles. The van der Waals surface area contributed by atoms with E-state index < -0.39 is 0 Å². The minimum Gasteiger partial charge on any atom is -0.368 e. The van der Waals surface area contributed by atoms with Crippen molar-refractivity contribution in [1.29, 1.82) is 0 Å². The molecule has 8 heteroatoms. The van der Waals surface area contributed by atoms with Gasteiger partial charge in [0.25, 0.3) is 0 Å². The molecular weight excluding hydrogens is 406 g/mol. The van der Waals surface area contributed by atoms with Crippen LogP contribution in [0, 0.1) is 4.77 Å². The number of halogens is 1. The number of amides is 1. The van der Waals surface area contributed by atoms with E-state index in [-0.39, 0.29) is 11.9 Å². The Balaban J connectivity index is 1.78. The summed E-state index contributed by atoms with van der Waals surface area (Å²) in [4.78, 5) is 14.0. The number of nitrogens with two attached hydrogens (primary N) is 1. The summed E-state index contributed by atoms with van der Waals surface area (Å²) in [7, 11) is 0. The number of carbonyl (C=O) groups is 1. The lowest BCUT2D eigenvalue weighted by atomic mass is 10.0. The molecule has 0 spiro atoms. The van der Waals surface area contributed by atoms with Crippen LogP contribution in [0.15, 0.2) is 54.6 Å². The highest BCUT2D eigenvalue weighted by molar-refractivity contribution is 7.71. The van der Waals surface area contributed by atoms with E-state index >= 15 is 0 Å². The third-order valence-electron chi connectivity index (χ3n) is 5.21. The summed E-state index contributed by atoms with van der Waals surface area (Å²) in [5.74, 6) is 0.433. The number of nitrogens with zero attached hydrogens (tertiary/aromatic N) is 4. The number of primary amides is 1. The molecule has 6 nitrogen and oxygen atoms in total. The van der Waals surface area contributed by atoms with Gasteiger partial charge in [0.05, 0.1) is 12.7 Å². The van der Waals surface area contributed by atoms with Crippen LogP contribution in [0.1, 0.15) is 19.3 Å². The van der Waals surface area contributed by atoms with Crippen LogP contribution in [0.3, 0.4) is 0 Å². The van der Waals surface area contributed by atoms with Gasteiger partial charge < -0.3 is 5.73 Å². The molecule has 0 aliphatic carbocycles. The quantitative estimate of drug-likeness (QED) is 0.624. The normalized spacial score (nSPS) is 17.3. The van der Waals surface area contributed by atoms with E-state index in [0.29, 0.717) is 16.5 Å². The Morgan fingerprint density at radius 2 is 1.86 bits per heavy atom. The highest BCUT2D eigenvalue weighted by Crippen LogP contribution is 2.25. The predicted octanol–water partition coefficient (Wildman–Crippen LogP) is 4.02. The van der Waals surface area contributed by atoms with E-state index in [1.54, 1.807) is 4.68 Å². The van der Waals surface area contributed by atoms with E-state index in [1.807, 2.05) is 59.2 Å². The third-order valence-corrected chi connectivity index (χ3v) is 5.86. The number of piperidine rings is 1. The van der Waals surface area contributed by atoms with Crippen molar-refractivity contribution >= 4 is 29.7 Å². The lowest BCUT2D eigenvalue weighted by molar-refractivity contribution is -0.125. The van der Waals surface area contributed by atoms with Crippen LogP contribution in [0.4, 0.5) is 0 Å². The molecular formula is C21H22ClN5OS. The van der Waals surface area contributed by atoms with E-state index in [0.717, 1.165) is 42.9 Å². The number of para-hydroxylation sites is 1. The van der Waals surface area contributed by atoms with Crippen LogP contribution in [0.25, 0.3) is 17.1 Å². The molecule has 1 fully saturated rings. The molecule has 0 bridgehead atoms. The van der Waals surface area contributed by atoms with Crippen molar-refractivity contribution in [3.8, 4) is 17.1 Å². The molecule has 1 amide bonds. The molecule has 2 N–H and O–H groups in total. The fourth-order valence-corrected chi connectivity index (χ4v) is 4.17. The first-order chi connectivity index (χ1) is 14.0. The Morgan fingerprint density at radius 1 is 1.14 bits per heavy atom. The number of carbonyl (C=O) groups excluding carboxylic acids is 1. The van der Waals surface area contributed by atoms with Gasteiger partial charge >= 0.3 is 0 Å². The van der Waals surface area contributed by atoms with Crippen molar-refractivity contribution < 1.29 is 4.79 Å². The smallest absolute Gasteiger partial charge is 0.234 e. The first-order valence-electron chi connectivity index (χ1n) is 9.59. The predicted molar refractivity (Wildman–Crippen MR) is 116 cm³/mol. The van der Waals surface area contributed by atoms with Gasteiger partial charge in [-0.15, -0.1) is 5.10 Å². The van der Waals surface area contributed by atoms with E-state index in [1.165, 1.54) is 0 Å². The van der Waals surface area contributed by atoms with Gasteiger partial charge in [-0.05, 0) is 61.5 Å². The van der Waals surface area contributed by atoms with Crippen LogP contribution < -0.4 is 5.73 Å². The summed E-state index contributed by atoms with van der Waals surface area (Å²) in [6, 6.07) is 17.1. The highest BCUT2D eigenvalue weighted by atomic mass is 35.5. The van der Waals surface area contributed by atoms with Crippen LogP contribution in [-0.4, -0.2) is 37.7 Å². The van der Waals surface area contributed by atoms with Crippen LogP contribution >= 0.6 is 23.8 Å². The molecule has 2 heterocycles. The van der Waals surface area contributed by atoms with Gasteiger partial charge in [-0.25, -0.2) is 4.68 Å². The molecule has 2 aromatic carbocycles. The van der Waals surface area contributed by atoms with Gasteiger partial charge in [0, 0.05) is 22.8 Å². The van der Waals surface area contributed by atoms with E-state index in [4.69, 9.17) is 34.7 Å². The molecule has 1 atom stereocenters. The largest absolute Gasteiger partial charge is 0.368 e. The number of likely N-dealkylation sites (tertiary alicyclic amines) is 1. The minimum atomic E-state index is -0.295. The van der Waals surface area contributed by atoms with Gasteiger partial charge in [-0.3, -0.25) is 14.3 Å². The van der Waals surface area contributed by atoms with Gasteiger partial charge in [-0.1, -0.05) is 36.2 Å². The Hall–Kier alpha value is -2.48. The van der Waals surface area contributed by atoms with Crippen molar-refractivity contribution in [1.82, 2.24) is 19.2 Å². The van der Waals surface area contributed by atoms with Crippen molar-refractivity contribution in [3.05, 3.63) is 64.4 Å². The average molecular weight is 428 g/mol. The second-order valence-electron chi connectivity index (χ2n) is 7.15. The van der Waals surface area contributed by atoms with Crippen LogP contribution in [0.2, 0.25) is 5.02 Å². The standard InChI is InChI=1S/C21H22ClN5OS/c22-16-11-9-15(10-12-16)20-24-26(14-25-13-5-4-8-18(25)19(23)28)21(29)27(20)17-6-2-1-3-7-17/h1-3,6-7,9-12,18H,4-5,8,13-14H2,(H2,23,28)/t18-/m0/s1. The van der Waals surface area contributed by atoms with Crippen molar-refractivity contribution in [3.63, 3.8) is 0 Å². The molecule has 1 aliphatic rings. The maximum absolute atomic E-state index is 11.9. The lowest BCUT2D eigenvalue weighted by Gasteiger charge is -2.33. The first kappa shape index (κ1) is 19.8. The van der Waals surface area contributed by atoms with Crippen LogP contribution in [-0.2, 0) is 11.5 Å². The number of aromatic nitrogens is 3. The second-order valence-corrected chi connectivity index (χ2v) is 7.95. The number of hydrogen-bond acceptors (Lipinski definition) is 4. The topological polar surface area (TPSA) is 69.1 Å². The Kier molecular flexibility index (Phi) is 5.80. The average Bonchev–Trinajstić information content (AvgIpc) is 3.05. The van der Waals surface area contributed by atoms with Gasteiger partial charge in [0.1, 0.15) is 0 Å². The van der Waals surface area contributed by atoms with Gasteiger partial charge in [-0.2, -0.15) is 0 Å². The summed E-state index contributed by atoms with van der Waals surface area (Å²) < 4.78 is 4.28. The summed E-state index contributed by atoms with van der Waals surface area (Å²) in [6.07, 6.45) is 2.80. The maximum atomic E-state index is 11.9. The summed E-state index contributed by atoms with van der Waals surface area (Å²) in [5, 5.41) is 5.48. The molecule has 1 aromatic heterocycles. The van der Waals surface area contributed by atoms with Gasteiger partial charge in [0.15, 0.2) is 5.82 Å². The molecule has 0 radical (unpaired) electrons. The minimum absolute atomic E-state index is 0.286. The number of benzene rings is 2. The molecule has 150 valence electrons. The maximum Gasteiger partial charge on any atom is 0.234 e. The molecule has 3 aromatic rings. The zero-order valence-electron chi connectivity index (χ0n) is 15.9. The Bertz CT molecular complexity index is 1060. The van der Waals surface area contributed by atoms with Crippen molar-refractivity contribution in [2.24, 2.45) is 5.73 Å². The van der Waals surface area contributed by atoms with E-state index in [2.05, 4.69) is 4.90 Å². The van der Waals surface area contributed by atoms with Gasteiger partial charge in [0.2, 0.25) is 10.7 Å². The fourth-order valence-electron chi connectivity index (χ4n) is 3.75. The second kappa shape index (κ2) is 8.49. The number of rotatable bonds is 5. The first-order valence-corrected chi connectivity index (χ1v) is 10.4. The monoisotopic (exact) mass is 427 g/mol. The summed E-state index contributed by atoms with van der Waals surface area (Å²) >= 11 is 11.9.